The Kier molecular flexibility index (Phi) is 3.57. The second-order valence-electron chi connectivity index (χ2n) is 4.56. The van der Waals surface area contributed by atoms with Crippen LogP contribution >= 0.6 is 22.9 Å². The summed E-state index contributed by atoms with van der Waals surface area (Å²) < 4.78 is 1.81. The standard InChI is InChI=1S/C14H12ClN3O2S/c1-18-12(15)6-16-13(18)5-14-17-10(7-21-14)9-3-2-8(19)4-11(9)20/h2-4,6-7,19-20H,5H2,1H3. The number of aromatic nitrogens is 3. The van der Waals surface area contributed by atoms with Gasteiger partial charge in [0, 0.05) is 24.1 Å². The van der Waals surface area contributed by atoms with Crippen molar-refractivity contribution in [3.05, 3.63) is 45.8 Å². The Hall–Kier alpha value is -2.05. The summed E-state index contributed by atoms with van der Waals surface area (Å²) in [4.78, 5) is 8.73. The maximum absolute atomic E-state index is 9.86. The van der Waals surface area contributed by atoms with Gasteiger partial charge in [-0.3, -0.25) is 0 Å². The molecule has 0 aliphatic carbocycles. The number of rotatable bonds is 3. The largest absolute Gasteiger partial charge is 0.508 e. The molecular weight excluding hydrogens is 310 g/mol. The van der Waals surface area contributed by atoms with E-state index in [1.54, 1.807) is 16.8 Å². The molecule has 108 valence electrons. The fourth-order valence-electron chi connectivity index (χ4n) is 1.98. The molecule has 0 amide bonds. The van der Waals surface area contributed by atoms with E-state index < -0.39 is 0 Å². The number of imidazole rings is 1. The Labute approximate surface area is 130 Å². The van der Waals surface area contributed by atoms with Crippen molar-refractivity contribution in [2.24, 2.45) is 7.05 Å². The van der Waals surface area contributed by atoms with Crippen molar-refractivity contribution in [1.29, 1.82) is 0 Å². The van der Waals surface area contributed by atoms with Crippen LogP contribution < -0.4 is 0 Å². The van der Waals surface area contributed by atoms with Gasteiger partial charge in [0.15, 0.2) is 0 Å². The highest BCUT2D eigenvalue weighted by molar-refractivity contribution is 7.10. The third kappa shape index (κ3) is 2.72. The van der Waals surface area contributed by atoms with Gasteiger partial charge in [0.1, 0.15) is 27.5 Å². The first kappa shape index (κ1) is 13.9. The van der Waals surface area contributed by atoms with Gasteiger partial charge in [0.2, 0.25) is 0 Å². The van der Waals surface area contributed by atoms with Gasteiger partial charge in [-0.15, -0.1) is 11.3 Å². The molecule has 0 saturated heterocycles. The van der Waals surface area contributed by atoms with E-state index in [1.165, 1.54) is 23.5 Å². The van der Waals surface area contributed by atoms with Gasteiger partial charge in [-0.05, 0) is 12.1 Å². The molecule has 0 atom stereocenters. The number of thiazole rings is 1. The number of nitrogens with zero attached hydrogens (tertiary/aromatic N) is 3. The molecule has 0 saturated carbocycles. The molecular formula is C14H12ClN3O2S. The third-order valence-corrected chi connectivity index (χ3v) is 4.35. The zero-order chi connectivity index (χ0) is 15.0. The van der Waals surface area contributed by atoms with Crippen LogP contribution in [0.5, 0.6) is 11.5 Å². The summed E-state index contributed by atoms with van der Waals surface area (Å²) >= 11 is 7.45. The molecule has 0 aliphatic rings. The molecule has 0 radical (unpaired) electrons. The number of aromatic hydroxyl groups is 2. The first-order valence-electron chi connectivity index (χ1n) is 6.17. The average molecular weight is 322 g/mol. The molecule has 3 rings (SSSR count). The molecule has 21 heavy (non-hydrogen) atoms. The smallest absolute Gasteiger partial charge is 0.128 e. The van der Waals surface area contributed by atoms with Crippen molar-refractivity contribution < 1.29 is 10.2 Å². The Bertz CT molecular complexity index is 797. The minimum absolute atomic E-state index is 0.00638. The number of benzene rings is 1. The third-order valence-electron chi connectivity index (χ3n) is 3.15. The Morgan fingerprint density at radius 2 is 2.14 bits per heavy atom. The molecule has 7 heteroatoms. The lowest BCUT2D eigenvalue weighted by atomic mass is 10.1. The van der Waals surface area contributed by atoms with Crippen LogP contribution in [0.1, 0.15) is 10.8 Å². The summed E-state index contributed by atoms with van der Waals surface area (Å²) in [6.07, 6.45) is 2.18. The SMILES string of the molecule is Cn1c(Cl)cnc1Cc1nc(-c2ccc(O)cc2O)cs1. The van der Waals surface area contributed by atoms with Crippen LogP contribution in [0.15, 0.2) is 29.8 Å². The van der Waals surface area contributed by atoms with Gasteiger partial charge in [-0.25, -0.2) is 9.97 Å². The lowest BCUT2D eigenvalue weighted by Gasteiger charge is -2.02. The van der Waals surface area contributed by atoms with Crippen molar-refractivity contribution in [2.45, 2.75) is 6.42 Å². The van der Waals surface area contributed by atoms with Gasteiger partial charge < -0.3 is 14.8 Å². The quantitative estimate of drug-likeness (QED) is 0.777. The van der Waals surface area contributed by atoms with E-state index >= 15 is 0 Å². The molecule has 5 nitrogen and oxygen atoms in total. The summed E-state index contributed by atoms with van der Waals surface area (Å²) in [5.41, 5.74) is 1.26. The van der Waals surface area contributed by atoms with Crippen LogP contribution in [0.4, 0.5) is 0 Å². The number of phenols is 2. The lowest BCUT2D eigenvalue weighted by molar-refractivity contribution is 0.452. The fourth-order valence-corrected chi connectivity index (χ4v) is 2.91. The van der Waals surface area contributed by atoms with Gasteiger partial charge >= 0.3 is 0 Å². The molecule has 2 heterocycles. The van der Waals surface area contributed by atoms with Crippen LogP contribution in [0, 0.1) is 0 Å². The van der Waals surface area contributed by atoms with E-state index in [2.05, 4.69) is 9.97 Å². The van der Waals surface area contributed by atoms with Crippen LogP contribution in [0.3, 0.4) is 0 Å². The van der Waals surface area contributed by atoms with Crippen LogP contribution in [-0.2, 0) is 13.5 Å². The van der Waals surface area contributed by atoms with Gasteiger partial charge in [0.25, 0.3) is 0 Å². The second-order valence-corrected chi connectivity index (χ2v) is 5.89. The van der Waals surface area contributed by atoms with Gasteiger partial charge in [-0.1, -0.05) is 11.6 Å². The monoisotopic (exact) mass is 321 g/mol. The summed E-state index contributed by atoms with van der Waals surface area (Å²) in [6.45, 7) is 0. The van der Waals surface area contributed by atoms with Crippen molar-refractivity contribution >= 4 is 22.9 Å². The molecule has 0 fully saturated rings. The number of hydrogen-bond donors (Lipinski definition) is 2. The van der Waals surface area contributed by atoms with E-state index in [0.29, 0.717) is 22.8 Å². The Morgan fingerprint density at radius 3 is 2.81 bits per heavy atom. The molecule has 0 aliphatic heterocycles. The van der Waals surface area contributed by atoms with E-state index in [4.69, 9.17) is 11.6 Å². The maximum Gasteiger partial charge on any atom is 0.128 e. The zero-order valence-electron chi connectivity index (χ0n) is 11.1. The van der Waals surface area contributed by atoms with E-state index in [-0.39, 0.29) is 11.5 Å². The summed E-state index contributed by atoms with van der Waals surface area (Å²) in [7, 11) is 1.85. The average Bonchev–Trinajstić information content (AvgIpc) is 3.01. The Morgan fingerprint density at radius 1 is 1.33 bits per heavy atom. The minimum Gasteiger partial charge on any atom is -0.508 e. The number of halogens is 1. The van der Waals surface area contributed by atoms with Crippen molar-refractivity contribution in [2.75, 3.05) is 0 Å². The number of phenolic OH excluding ortho intramolecular Hbond substituents is 2. The predicted molar refractivity (Wildman–Crippen MR) is 81.9 cm³/mol. The highest BCUT2D eigenvalue weighted by Gasteiger charge is 2.12. The highest BCUT2D eigenvalue weighted by Crippen LogP contribution is 2.33. The molecule has 0 unspecified atom stereocenters. The van der Waals surface area contributed by atoms with Crippen molar-refractivity contribution in [3.63, 3.8) is 0 Å². The maximum atomic E-state index is 9.86. The van der Waals surface area contributed by atoms with Gasteiger partial charge in [0.05, 0.1) is 18.3 Å². The molecule has 3 aromatic rings. The molecule has 0 bridgehead atoms. The first-order chi connectivity index (χ1) is 10.0. The topological polar surface area (TPSA) is 71.2 Å². The lowest BCUT2D eigenvalue weighted by Crippen LogP contribution is -1.99. The normalized spacial score (nSPS) is 11.0. The fraction of sp³-hybridized carbons (Fsp3) is 0.143. The predicted octanol–water partition coefficient (Wildman–Crippen LogP) is 3.20. The van der Waals surface area contributed by atoms with Crippen LogP contribution in [0.25, 0.3) is 11.3 Å². The van der Waals surface area contributed by atoms with Crippen molar-refractivity contribution in [3.8, 4) is 22.8 Å². The van der Waals surface area contributed by atoms with Crippen LogP contribution in [-0.4, -0.2) is 24.7 Å². The summed E-state index contributed by atoms with van der Waals surface area (Å²) in [6, 6.07) is 4.46. The highest BCUT2D eigenvalue weighted by atomic mass is 35.5. The van der Waals surface area contributed by atoms with Crippen molar-refractivity contribution in [1.82, 2.24) is 14.5 Å². The minimum atomic E-state index is 0.00638. The van der Waals surface area contributed by atoms with E-state index in [0.717, 1.165) is 10.8 Å². The molecule has 2 aromatic heterocycles. The first-order valence-corrected chi connectivity index (χ1v) is 7.43. The number of hydrogen-bond acceptors (Lipinski definition) is 5. The Balaban J connectivity index is 1.88. The summed E-state index contributed by atoms with van der Waals surface area (Å²) in [5, 5.41) is 22.5. The van der Waals surface area contributed by atoms with E-state index in [9.17, 15) is 10.2 Å². The second kappa shape index (κ2) is 5.38. The molecule has 2 N–H and O–H groups in total. The van der Waals surface area contributed by atoms with Gasteiger partial charge in [-0.2, -0.15) is 0 Å². The zero-order valence-corrected chi connectivity index (χ0v) is 12.7. The molecule has 1 aromatic carbocycles. The summed E-state index contributed by atoms with van der Waals surface area (Å²) in [5.74, 6) is 0.858. The van der Waals surface area contributed by atoms with E-state index in [1.807, 2.05) is 12.4 Å². The molecule has 0 spiro atoms. The van der Waals surface area contributed by atoms with Crippen LogP contribution in [0.2, 0.25) is 5.15 Å².